The number of nitrogens with one attached hydrogen (secondary N) is 1. The fraction of sp³-hybridized carbons (Fsp3) is 0.278. The highest BCUT2D eigenvalue weighted by molar-refractivity contribution is 5.78. The summed E-state index contributed by atoms with van der Waals surface area (Å²) in [6.07, 6.45) is 5.65. The van der Waals surface area contributed by atoms with Crippen LogP contribution in [0.5, 0.6) is 0 Å². The number of aromatic nitrogens is 5. The molecule has 0 amide bonds. The van der Waals surface area contributed by atoms with E-state index in [1.165, 1.54) is 0 Å². The van der Waals surface area contributed by atoms with Crippen molar-refractivity contribution in [2.75, 3.05) is 13.1 Å². The second-order valence-electron chi connectivity index (χ2n) is 6.47. The SMILES string of the molecule is O=c1n(-c2ccc3cnnn3c2)c2ccccc2n1C1CCCNC1. The molecular formula is C18H18N6O. The smallest absolute Gasteiger partial charge is 0.315 e. The molecule has 0 radical (unpaired) electrons. The molecule has 1 saturated heterocycles. The molecule has 3 aromatic heterocycles. The first-order chi connectivity index (χ1) is 12.3. The lowest BCUT2D eigenvalue weighted by molar-refractivity contribution is 0.370. The van der Waals surface area contributed by atoms with Crippen molar-refractivity contribution < 1.29 is 0 Å². The van der Waals surface area contributed by atoms with Crippen LogP contribution in [0.2, 0.25) is 0 Å². The van der Waals surface area contributed by atoms with Crippen LogP contribution in [-0.2, 0) is 0 Å². The van der Waals surface area contributed by atoms with Crippen molar-refractivity contribution >= 4 is 16.6 Å². The van der Waals surface area contributed by atoms with Gasteiger partial charge in [0.2, 0.25) is 0 Å². The normalized spacial score (nSPS) is 18.2. The number of piperidine rings is 1. The van der Waals surface area contributed by atoms with Crippen LogP contribution in [0.25, 0.3) is 22.2 Å². The lowest BCUT2D eigenvalue weighted by atomic mass is 10.1. The Morgan fingerprint density at radius 2 is 2.00 bits per heavy atom. The summed E-state index contributed by atoms with van der Waals surface area (Å²) in [6, 6.07) is 12.0. The van der Waals surface area contributed by atoms with E-state index in [0.717, 1.165) is 48.2 Å². The summed E-state index contributed by atoms with van der Waals surface area (Å²) in [4.78, 5) is 13.3. The van der Waals surface area contributed by atoms with Gasteiger partial charge in [-0.05, 0) is 43.7 Å². The maximum Gasteiger partial charge on any atom is 0.334 e. The summed E-state index contributed by atoms with van der Waals surface area (Å²) in [5.74, 6) is 0. The van der Waals surface area contributed by atoms with Gasteiger partial charge in [0.1, 0.15) is 0 Å². The van der Waals surface area contributed by atoms with E-state index >= 15 is 0 Å². The number of benzene rings is 1. The van der Waals surface area contributed by atoms with E-state index in [4.69, 9.17) is 0 Å². The van der Waals surface area contributed by atoms with Crippen LogP contribution in [0.15, 0.2) is 53.6 Å². The van der Waals surface area contributed by atoms with Gasteiger partial charge < -0.3 is 5.32 Å². The van der Waals surface area contributed by atoms with Gasteiger partial charge in [0.15, 0.2) is 0 Å². The largest absolute Gasteiger partial charge is 0.334 e. The second-order valence-corrected chi connectivity index (χ2v) is 6.47. The van der Waals surface area contributed by atoms with Gasteiger partial charge in [-0.1, -0.05) is 17.3 Å². The van der Waals surface area contributed by atoms with Crippen molar-refractivity contribution in [3.05, 3.63) is 59.3 Å². The van der Waals surface area contributed by atoms with Gasteiger partial charge in [0.25, 0.3) is 0 Å². The molecule has 1 atom stereocenters. The van der Waals surface area contributed by atoms with E-state index in [-0.39, 0.29) is 11.7 Å². The van der Waals surface area contributed by atoms with Crippen LogP contribution >= 0.6 is 0 Å². The molecule has 4 aromatic rings. The highest BCUT2D eigenvalue weighted by Gasteiger charge is 2.22. The van der Waals surface area contributed by atoms with Gasteiger partial charge in [-0.15, -0.1) is 5.10 Å². The average Bonchev–Trinajstić information content (AvgIpc) is 3.23. The predicted molar refractivity (Wildman–Crippen MR) is 95.2 cm³/mol. The fourth-order valence-electron chi connectivity index (χ4n) is 3.77. The zero-order valence-corrected chi connectivity index (χ0v) is 13.7. The third kappa shape index (κ3) is 2.20. The monoisotopic (exact) mass is 334 g/mol. The fourth-order valence-corrected chi connectivity index (χ4v) is 3.77. The Kier molecular flexibility index (Phi) is 3.21. The van der Waals surface area contributed by atoms with Gasteiger partial charge in [-0.25, -0.2) is 9.31 Å². The van der Waals surface area contributed by atoms with E-state index in [0.29, 0.717) is 0 Å². The van der Waals surface area contributed by atoms with Crippen LogP contribution in [-0.4, -0.2) is 37.1 Å². The molecule has 1 aliphatic rings. The van der Waals surface area contributed by atoms with E-state index < -0.39 is 0 Å². The number of pyridine rings is 1. The Morgan fingerprint density at radius 1 is 1.12 bits per heavy atom. The highest BCUT2D eigenvalue weighted by Crippen LogP contribution is 2.24. The summed E-state index contributed by atoms with van der Waals surface area (Å²) in [5, 5.41) is 11.4. The van der Waals surface area contributed by atoms with Gasteiger partial charge >= 0.3 is 5.69 Å². The van der Waals surface area contributed by atoms with Crippen molar-refractivity contribution in [3.8, 4) is 5.69 Å². The summed E-state index contributed by atoms with van der Waals surface area (Å²) >= 11 is 0. The predicted octanol–water partition coefficient (Wildman–Crippen LogP) is 1.76. The second kappa shape index (κ2) is 5.56. The summed E-state index contributed by atoms with van der Waals surface area (Å²) in [6.45, 7) is 1.85. The third-order valence-electron chi connectivity index (χ3n) is 4.96. The molecule has 1 aliphatic heterocycles. The molecule has 25 heavy (non-hydrogen) atoms. The molecule has 0 saturated carbocycles. The minimum absolute atomic E-state index is 0.00522. The maximum atomic E-state index is 13.3. The van der Waals surface area contributed by atoms with Gasteiger partial charge in [0, 0.05) is 6.54 Å². The summed E-state index contributed by atoms with van der Waals surface area (Å²) in [7, 11) is 0. The Bertz CT molecular complexity index is 1120. The van der Waals surface area contributed by atoms with Crippen LogP contribution in [0, 0.1) is 0 Å². The standard InChI is InChI=1S/C18H18N6O/c25-18-23(14-4-3-9-19-10-14)16-5-1-2-6-17(16)24(18)15-8-7-13-11-20-21-22(13)12-15/h1-2,5-8,11-12,14,19H,3-4,9-10H2. The molecule has 4 heterocycles. The first-order valence-electron chi connectivity index (χ1n) is 8.56. The van der Waals surface area contributed by atoms with Gasteiger partial charge in [-0.2, -0.15) is 0 Å². The van der Waals surface area contributed by atoms with Crippen molar-refractivity contribution in [3.63, 3.8) is 0 Å². The molecule has 0 bridgehead atoms. The van der Waals surface area contributed by atoms with Gasteiger partial charge in [-0.3, -0.25) is 9.13 Å². The lowest BCUT2D eigenvalue weighted by Crippen LogP contribution is -2.36. The Morgan fingerprint density at radius 3 is 2.84 bits per heavy atom. The van der Waals surface area contributed by atoms with Crippen LogP contribution in [0.1, 0.15) is 18.9 Å². The number of hydrogen-bond donors (Lipinski definition) is 1. The van der Waals surface area contributed by atoms with Crippen LogP contribution in [0.4, 0.5) is 0 Å². The van der Waals surface area contributed by atoms with Crippen molar-refractivity contribution in [2.24, 2.45) is 0 Å². The quantitative estimate of drug-likeness (QED) is 0.606. The Balaban J connectivity index is 1.77. The van der Waals surface area contributed by atoms with Gasteiger partial charge in [0.05, 0.1) is 40.7 Å². The number of rotatable bonds is 2. The van der Waals surface area contributed by atoms with E-state index in [1.54, 1.807) is 15.3 Å². The molecule has 1 fully saturated rings. The number of hydrogen-bond acceptors (Lipinski definition) is 4. The van der Waals surface area contributed by atoms with Crippen molar-refractivity contribution in [1.29, 1.82) is 0 Å². The molecule has 7 heteroatoms. The lowest BCUT2D eigenvalue weighted by Gasteiger charge is -2.23. The average molecular weight is 334 g/mol. The summed E-state index contributed by atoms with van der Waals surface area (Å²) in [5.41, 5.74) is 3.57. The minimum atomic E-state index is -0.00522. The van der Waals surface area contributed by atoms with E-state index in [2.05, 4.69) is 15.6 Å². The van der Waals surface area contributed by atoms with Crippen LogP contribution < -0.4 is 11.0 Å². The maximum absolute atomic E-state index is 13.3. The Labute approximate surface area is 143 Å². The van der Waals surface area contributed by atoms with Crippen molar-refractivity contribution in [2.45, 2.75) is 18.9 Å². The van der Waals surface area contributed by atoms with Crippen LogP contribution in [0.3, 0.4) is 0 Å². The minimum Gasteiger partial charge on any atom is -0.315 e. The van der Waals surface area contributed by atoms with E-state index in [1.807, 2.05) is 47.2 Å². The molecule has 5 rings (SSSR count). The van der Waals surface area contributed by atoms with Crippen molar-refractivity contribution in [1.82, 2.24) is 29.3 Å². The zero-order chi connectivity index (χ0) is 16.8. The molecule has 126 valence electrons. The summed E-state index contributed by atoms with van der Waals surface area (Å²) < 4.78 is 5.40. The first-order valence-corrected chi connectivity index (χ1v) is 8.56. The molecule has 1 N–H and O–H groups in total. The Hall–Kier alpha value is -2.93. The number of para-hydroxylation sites is 2. The molecule has 1 unspecified atom stereocenters. The molecular weight excluding hydrogens is 316 g/mol. The first kappa shape index (κ1) is 14.4. The molecule has 1 aromatic carbocycles. The third-order valence-corrected chi connectivity index (χ3v) is 4.96. The molecule has 0 aliphatic carbocycles. The number of imidazole rings is 1. The highest BCUT2D eigenvalue weighted by atomic mass is 16.1. The van der Waals surface area contributed by atoms with E-state index in [9.17, 15) is 4.79 Å². The number of nitrogens with zero attached hydrogens (tertiary/aromatic N) is 5. The zero-order valence-electron chi connectivity index (χ0n) is 13.7. The number of fused-ring (bicyclic) bond motifs is 2. The topological polar surface area (TPSA) is 69.1 Å². The molecule has 7 nitrogen and oxygen atoms in total. The molecule has 0 spiro atoms.